The van der Waals surface area contributed by atoms with Crippen LogP contribution in [0.5, 0.6) is 0 Å². The number of thiophene rings is 3. The largest absolute Gasteiger partial charge is 0.138 e. The molecule has 3 heterocycles. The second kappa shape index (κ2) is 8.46. The summed E-state index contributed by atoms with van der Waals surface area (Å²) in [6, 6.07) is 2.27. The Hall–Kier alpha value is 0.100. The summed E-state index contributed by atoms with van der Waals surface area (Å²) in [5.74, 6) is 0. The fourth-order valence-corrected chi connectivity index (χ4v) is 8.03. The van der Waals surface area contributed by atoms with Gasteiger partial charge in [0, 0.05) is 9.58 Å². The van der Waals surface area contributed by atoms with Gasteiger partial charge in [-0.3, -0.25) is 0 Å². The fourth-order valence-electron chi connectivity index (χ4n) is 3.16. The van der Waals surface area contributed by atoms with Gasteiger partial charge in [0.2, 0.25) is 0 Å². The highest BCUT2D eigenvalue weighted by Crippen LogP contribution is 2.47. The lowest BCUT2D eigenvalue weighted by molar-refractivity contribution is 0.576. The zero-order valence-electron chi connectivity index (χ0n) is 14.0. The third kappa shape index (κ3) is 4.20. The van der Waals surface area contributed by atoms with Gasteiger partial charge in [0.15, 0.2) is 0 Å². The van der Waals surface area contributed by atoms with E-state index in [1.54, 1.807) is 15.1 Å². The van der Waals surface area contributed by atoms with Crippen molar-refractivity contribution < 1.29 is 0 Å². The molecule has 0 bridgehead atoms. The lowest BCUT2D eigenvalue weighted by Gasteiger charge is -2.02. The molecule has 3 rings (SSSR count). The molecule has 0 spiro atoms. The highest BCUT2D eigenvalue weighted by Gasteiger charge is 2.15. The van der Waals surface area contributed by atoms with Crippen LogP contribution in [0.4, 0.5) is 0 Å². The molecule has 0 saturated heterocycles. The van der Waals surface area contributed by atoms with E-state index in [1.807, 2.05) is 34.0 Å². The van der Waals surface area contributed by atoms with Crippen molar-refractivity contribution in [2.24, 2.45) is 0 Å². The molecule has 3 aromatic rings. The minimum absolute atomic E-state index is 1.26. The van der Waals surface area contributed by atoms with Gasteiger partial charge in [-0.15, -0.1) is 34.0 Å². The summed E-state index contributed by atoms with van der Waals surface area (Å²) in [4.78, 5) is 1.63. The van der Waals surface area contributed by atoms with Gasteiger partial charge in [-0.2, -0.15) is 0 Å². The Balaban J connectivity index is 1.53. The molecule has 3 aromatic heterocycles. The van der Waals surface area contributed by atoms with Crippen LogP contribution in [0.1, 0.15) is 68.7 Å². The monoisotopic (exact) mass is 428 g/mol. The average molecular weight is 430 g/mol. The topological polar surface area (TPSA) is 0 Å². The van der Waals surface area contributed by atoms with Gasteiger partial charge in [0.25, 0.3) is 0 Å². The van der Waals surface area contributed by atoms with Crippen LogP contribution in [0.25, 0.3) is 18.8 Å². The fraction of sp³-hybridized carbons (Fsp3) is 0.579. The first kappa shape index (κ1) is 17.9. The summed E-state index contributed by atoms with van der Waals surface area (Å²) in [5.41, 5.74) is 1.55. The maximum absolute atomic E-state index is 3.63. The number of halogens is 1. The van der Waals surface area contributed by atoms with Crippen molar-refractivity contribution in [3.8, 4) is 0 Å². The predicted octanol–water partition coefficient (Wildman–Crippen LogP) is 8.93. The molecule has 0 N–H and O–H groups in total. The summed E-state index contributed by atoms with van der Waals surface area (Å²) in [6.07, 6.45) is 12.5. The molecule has 0 unspecified atom stereocenters. The molecule has 23 heavy (non-hydrogen) atoms. The third-order valence-electron chi connectivity index (χ3n) is 4.53. The Labute approximate surface area is 160 Å². The van der Waals surface area contributed by atoms with Crippen molar-refractivity contribution in [2.75, 3.05) is 0 Å². The number of fused-ring (bicyclic) bond motifs is 3. The van der Waals surface area contributed by atoms with Gasteiger partial charge in [0.05, 0.1) is 17.9 Å². The van der Waals surface area contributed by atoms with Crippen molar-refractivity contribution in [1.29, 1.82) is 0 Å². The van der Waals surface area contributed by atoms with Crippen molar-refractivity contribution in [1.82, 2.24) is 0 Å². The molecule has 0 nitrogen and oxygen atoms in total. The number of unbranched alkanes of at least 4 members (excludes halogenated alkanes) is 7. The number of hydrogen-bond donors (Lipinski definition) is 0. The summed E-state index contributed by atoms with van der Waals surface area (Å²) in [7, 11) is 0. The van der Waals surface area contributed by atoms with E-state index in [9.17, 15) is 0 Å². The lowest BCUT2D eigenvalue weighted by Crippen LogP contribution is -1.85. The first-order valence-electron chi connectivity index (χ1n) is 8.80. The Morgan fingerprint density at radius 3 is 2.26 bits per heavy atom. The van der Waals surface area contributed by atoms with Crippen LogP contribution in [-0.4, -0.2) is 0 Å². The molecule has 0 radical (unpaired) electrons. The molecule has 0 aliphatic rings. The first-order chi connectivity index (χ1) is 11.2. The number of hydrogen-bond acceptors (Lipinski definition) is 3. The maximum atomic E-state index is 3.63. The number of rotatable bonds is 9. The molecule has 0 saturated carbocycles. The van der Waals surface area contributed by atoms with Crippen LogP contribution in [-0.2, 0) is 6.42 Å². The van der Waals surface area contributed by atoms with E-state index in [1.165, 1.54) is 75.7 Å². The van der Waals surface area contributed by atoms with Gasteiger partial charge in [0.1, 0.15) is 0 Å². The summed E-state index contributed by atoms with van der Waals surface area (Å²) in [6.45, 7) is 4.62. The third-order valence-corrected chi connectivity index (χ3v) is 9.20. The highest BCUT2D eigenvalue weighted by molar-refractivity contribution is 9.11. The van der Waals surface area contributed by atoms with Crippen molar-refractivity contribution >= 4 is 68.7 Å². The molecular weight excluding hydrogens is 404 g/mol. The predicted molar refractivity (Wildman–Crippen MR) is 114 cm³/mol. The molecule has 0 fully saturated rings. The van der Waals surface area contributed by atoms with Gasteiger partial charge in [-0.05, 0) is 47.3 Å². The van der Waals surface area contributed by atoms with Gasteiger partial charge >= 0.3 is 0 Å². The van der Waals surface area contributed by atoms with Crippen molar-refractivity contribution in [2.45, 2.75) is 71.6 Å². The Bertz CT molecular complexity index is 762. The molecule has 126 valence electrons. The second-order valence-corrected chi connectivity index (χ2v) is 11.0. The smallest absolute Gasteiger partial charge is 0.0719 e. The van der Waals surface area contributed by atoms with Crippen LogP contribution in [0, 0.1) is 6.92 Å². The molecule has 4 heteroatoms. The summed E-state index contributed by atoms with van der Waals surface area (Å²) >= 11 is 9.54. The SMILES string of the molecule is CCCCCCCCCCc1sc2c(sc3cc(Br)sc32)c1C. The van der Waals surface area contributed by atoms with E-state index in [0.29, 0.717) is 0 Å². The van der Waals surface area contributed by atoms with Gasteiger partial charge in [-0.25, -0.2) is 0 Å². The van der Waals surface area contributed by atoms with Crippen LogP contribution >= 0.6 is 49.9 Å². The Morgan fingerprint density at radius 1 is 0.826 bits per heavy atom. The minimum atomic E-state index is 1.26. The molecule has 0 aromatic carbocycles. The average Bonchev–Trinajstić information content (AvgIpc) is 3.13. The highest BCUT2D eigenvalue weighted by atomic mass is 79.9. The summed E-state index contributed by atoms with van der Waals surface area (Å²) in [5, 5.41) is 0. The molecule has 0 aliphatic carbocycles. The zero-order chi connectivity index (χ0) is 16.2. The van der Waals surface area contributed by atoms with Crippen LogP contribution < -0.4 is 0 Å². The normalized spacial score (nSPS) is 12.0. The van der Waals surface area contributed by atoms with Crippen molar-refractivity contribution in [3.63, 3.8) is 0 Å². The van der Waals surface area contributed by atoms with Gasteiger partial charge < -0.3 is 0 Å². The quantitative estimate of drug-likeness (QED) is 0.298. The van der Waals surface area contributed by atoms with E-state index in [2.05, 4.69) is 35.8 Å². The molecule has 0 atom stereocenters. The molecule has 0 amide bonds. The molecule has 0 aliphatic heterocycles. The van der Waals surface area contributed by atoms with E-state index in [-0.39, 0.29) is 0 Å². The van der Waals surface area contributed by atoms with Crippen LogP contribution in [0.3, 0.4) is 0 Å². The summed E-state index contributed by atoms with van der Waals surface area (Å²) < 4.78 is 7.28. The van der Waals surface area contributed by atoms with E-state index in [0.717, 1.165) is 0 Å². The number of aryl methyl sites for hydroxylation is 2. The first-order valence-corrected chi connectivity index (χ1v) is 12.0. The minimum Gasteiger partial charge on any atom is -0.138 e. The second-order valence-electron chi connectivity index (χ2n) is 6.38. The van der Waals surface area contributed by atoms with Crippen molar-refractivity contribution in [3.05, 3.63) is 20.3 Å². The lowest BCUT2D eigenvalue weighted by atomic mass is 10.1. The van der Waals surface area contributed by atoms with Crippen LogP contribution in [0.2, 0.25) is 0 Å². The van der Waals surface area contributed by atoms with Crippen LogP contribution in [0.15, 0.2) is 9.85 Å². The maximum Gasteiger partial charge on any atom is 0.0719 e. The zero-order valence-corrected chi connectivity index (χ0v) is 18.1. The van der Waals surface area contributed by atoms with E-state index >= 15 is 0 Å². The molecular formula is C19H25BrS3. The Kier molecular flexibility index (Phi) is 6.59. The van der Waals surface area contributed by atoms with E-state index in [4.69, 9.17) is 0 Å². The van der Waals surface area contributed by atoms with Gasteiger partial charge in [-0.1, -0.05) is 51.9 Å². The standard InChI is InChI=1S/C19H25BrS3/c1-3-4-5-6-7-8-9-10-11-14-13(2)17-19(21-14)18-15(22-17)12-16(20)23-18/h12H,3-11H2,1-2H3. The van der Waals surface area contributed by atoms with E-state index < -0.39 is 0 Å². The Morgan fingerprint density at radius 2 is 1.52 bits per heavy atom.